The molecule has 2 aromatic rings. The molecule has 1 aliphatic carbocycles. The number of halogens is 1. The number of anilines is 1. The molecule has 4 rings (SSSR count). The van der Waals surface area contributed by atoms with Gasteiger partial charge in [-0.1, -0.05) is 17.8 Å². The highest BCUT2D eigenvalue weighted by Crippen LogP contribution is 2.31. The van der Waals surface area contributed by atoms with Crippen molar-refractivity contribution in [2.24, 2.45) is 5.92 Å². The molecule has 2 amide bonds. The second-order valence-electron chi connectivity index (χ2n) is 6.37. The number of hydrogen-bond donors (Lipinski definition) is 1. The van der Waals surface area contributed by atoms with Gasteiger partial charge in [0.15, 0.2) is 5.13 Å². The average molecular weight is 421 g/mol. The van der Waals surface area contributed by atoms with E-state index in [4.69, 9.17) is 0 Å². The second kappa shape index (κ2) is 6.84. The number of nitrogens with zero attached hydrogens (tertiary/aromatic N) is 3. The molecule has 0 unspecified atom stereocenters. The molecule has 0 radical (unpaired) electrons. The van der Waals surface area contributed by atoms with E-state index >= 15 is 0 Å². The first kappa shape index (κ1) is 16.7. The van der Waals surface area contributed by atoms with E-state index in [9.17, 15) is 9.59 Å². The number of aromatic nitrogens is 2. The van der Waals surface area contributed by atoms with Crippen molar-refractivity contribution in [1.82, 2.24) is 14.9 Å². The minimum atomic E-state index is -0.0343. The Kier molecular flexibility index (Phi) is 4.56. The van der Waals surface area contributed by atoms with Crippen LogP contribution in [-0.2, 0) is 17.8 Å². The van der Waals surface area contributed by atoms with Gasteiger partial charge in [0.2, 0.25) is 5.91 Å². The number of thiazole rings is 1. The van der Waals surface area contributed by atoms with Crippen LogP contribution in [-0.4, -0.2) is 33.2 Å². The summed E-state index contributed by atoms with van der Waals surface area (Å²) in [4.78, 5) is 36.2. The predicted octanol–water partition coefficient (Wildman–Crippen LogP) is 3.24. The zero-order chi connectivity index (χ0) is 17.4. The smallest absolute Gasteiger partial charge is 0.255 e. The van der Waals surface area contributed by atoms with E-state index in [-0.39, 0.29) is 17.7 Å². The molecule has 1 aliphatic heterocycles. The van der Waals surface area contributed by atoms with Crippen LogP contribution in [0.3, 0.4) is 0 Å². The first-order chi connectivity index (χ1) is 12.1. The fraction of sp³-hybridized carbons (Fsp3) is 0.412. The number of amides is 2. The SMILES string of the molecule is O=C(Nc1nc2c(s1)CN(C(=O)c1cncc(Br)c1)CC2)C1CCC1. The van der Waals surface area contributed by atoms with Crippen LogP contribution in [0.25, 0.3) is 0 Å². The zero-order valence-electron chi connectivity index (χ0n) is 13.5. The van der Waals surface area contributed by atoms with Crippen molar-refractivity contribution in [2.45, 2.75) is 32.2 Å². The van der Waals surface area contributed by atoms with Crippen LogP contribution in [0, 0.1) is 5.92 Å². The largest absolute Gasteiger partial charge is 0.333 e. The summed E-state index contributed by atoms with van der Waals surface area (Å²) in [5, 5.41) is 3.59. The molecular formula is C17H17BrN4O2S. The van der Waals surface area contributed by atoms with E-state index in [1.807, 2.05) is 4.90 Å². The highest BCUT2D eigenvalue weighted by molar-refractivity contribution is 9.10. The number of fused-ring (bicyclic) bond motifs is 1. The van der Waals surface area contributed by atoms with Gasteiger partial charge < -0.3 is 10.2 Å². The van der Waals surface area contributed by atoms with Gasteiger partial charge in [0, 0.05) is 40.6 Å². The maximum Gasteiger partial charge on any atom is 0.255 e. The van der Waals surface area contributed by atoms with Gasteiger partial charge in [-0.3, -0.25) is 14.6 Å². The minimum absolute atomic E-state index is 0.0343. The number of nitrogens with one attached hydrogen (secondary N) is 1. The van der Waals surface area contributed by atoms with Gasteiger partial charge in [0.1, 0.15) is 0 Å². The molecule has 0 atom stereocenters. The van der Waals surface area contributed by atoms with Crippen molar-refractivity contribution >= 4 is 44.2 Å². The topological polar surface area (TPSA) is 75.2 Å². The van der Waals surface area contributed by atoms with Crippen LogP contribution >= 0.6 is 27.3 Å². The van der Waals surface area contributed by atoms with E-state index in [1.165, 1.54) is 11.3 Å². The van der Waals surface area contributed by atoms with E-state index in [1.54, 1.807) is 18.5 Å². The fourth-order valence-corrected chi connectivity index (χ4v) is 4.40. The van der Waals surface area contributed by atoms with Gasteiger partial charge in [-0.25, -0.2) is 4.98 Å². The predicted molar refractivity (Wildman–Crippen MR) is 98.5 cm³/mol. The summed E-state index contributed by atoms with van der Waals surface area (Å²) in [6.45, 7) is 1.15. The Labute approximate surface area is 157 Å². The molecule has 3 heterocycles. The summed E-state index contributed by atoms with van der Waals surface area (Å²) in [5.74, 6) is 0.182. The summed E-state index contributed by atoms with van der Waals surface area (Å²) in [6, 6.07) is 1.78. The van der Waals surface area contributed by atoms with Gasteiger partial charge in [-0.2, -0.15) is 0 Å². The zero-order valence-corrected chi connectivity index (χ0v) is 15.9. The van der Waals surface area contributed by atoms with Crippen molar-refractivity contribution in [3.63, 3.8) is 0 Å². The quantitative estimate of drug-likeness (QED) is 0.826. The third-order valence-electron chi connectivity index (χ3n) is 4.68. The Morgan fingerprint density at radius 1 is 1.32 bits per heavy atom. The molecule has 0 aromatic carbocycles. The Balaban J connectivity index is 1.45. The van der Waals surface area contributed by atoms with Gasteiger partial charge in [0.25, 0.3) is 5.91 Å². The maximum atomic E-state index is 12.7. The summed E-state index contributed by atoms with van der Waals surface area (Å²) in [5.41, 5.74) is 1.56. The third kappa shape index (κ3) is 3.46. The lowest BCUT2D eigenvalue weighted by Crippen LogP contribution is -2.35. The summed E-state index contributed by atoms with van der Waals surface area (Å²) in [7, 11) is 0. The number of rotatable bonds is 3. The molecular weight excluding hydrogens is 404 g/mol. The van der Waals surface area contributed by atoms with Gasteiger partial charge >= 0.3 is 0 Å². The highest BCUT2D eigenvalue weighted by Gasteiger charge is 2.28. The fourth-order valence-electron chi connectivity index (χ4n) is 3.01. The molecule has 130 valence electrons. The molecule has 1 fully saturated rings. The minimum Gasteiger partial charge on any atom is -0.333 e. The molecule has 1 N–H and O–H groups in total. The Hall–Kier alpha value is -1.80. The van der Waals surface area contributed by atoms with Crippen LogP contribution in [0.2, 0.25) is 0 Å². The van der Waals surface area contributed by atoms with Gasteiger partial charge in [-0.05, 0) is 34.8 Å². The maximum absolute atomic E-state index is 12.7. The molecule has 2 aliphatic rings. The molecule has 0 spiro atoms. The van der Waals surface area contributed by atoms with Gasteiger partial charge in [-0.15, -0.1) is 0 Å². The molecule has 6 nitrogen and oxygen atoms in total. The van der Waals surface area contributed by atoms with E-state index < -0.39 is 0 Å². The Morgan fingerprint density at radius 2 is 2.16 bits per heavy atom. The molecule has 0 bridgehead atoms. The van der Waals surface area contributed by atoms with Gasteiger partial charge in [0.05, 0.1) is 17.8 Å². The average Bonchev–Trinajstić information content (AvgIpc) is 2.93. The molecule has 0 saturated heterocycles. The molecule has 2 aromatic heterocycles. The number of hydrogen-bond acceptors (Lipinski definition) is 5. The molecule has 1 saturated carbocycles. The van der Waals surface area contributed by atoms with Crippen molar-refractivity contribution in [3.05, 3.63) is 39.1 Å². The highest BCUT2D eigenvalue weighted by atomic mass is 79.9. The van der Waals surface area contributed by atoms with Crippen LogP contribution in [0.1, 0.15) is 40.2 Å². The Bertz CT molecular complexity index is 834. The van der Waals surface area contributed by atoms with Crippen LogP contribution < -0.4 is 5.32 Å². The van der Waals surface area contributed by atoms with Crippen LogP contribution in [0.5, 0.6) is 0 Å². The van der Waals surface area contributed by atoms with Crippen LogP contribution in [0.4, 0.5) is 5.13 Å². The van der Waals surface area contributed by atoms with Crippen LogP contribution in [0.15, 0.2) is 22.9 Å². The first-order valence-electron chi connectivity index (χ1n) is 8.29. The van der Waals surface area contributed by atoms with Crippen molar-refractivity contribution in [1.29, 1.82) is 0 Å². The lowest BCUT2D eigenvalue weighted by Gasteiger charge is -2.26. The van der Waals surface area contributed by atoms with E-state index in [0.717, 1.165) is 34.3 Å². The third-order valence-corrected chi connectivity index (χ3v) is 6.11. The standard InChI is InChI=1S/C17H17BrN4O2S/c18-12-6-11(7-19-8-12)16(24)22-5-4-13-14(9-22)25-17(20-13)21-15(23)10-2-1-3-10/h6-8,10H,1-5,9H2,(H,20,21,23). The normalized spacial score (nSPS) is 16.9. The lowest BCUT2D eigenvalue weighted by molar-refractivity contribution is -0.122. The van der Waals surface area contributed by atoms with Crippen molar-refractivity contribution in [3.8, 4) is 0 Å². The number of pyridine rings is 1. The number of carbonyl (C=O) groups is 2. The molecule has 8 heteroatoms. The van der Waals surface area contributed by atoms with Crippen molar-refractivity contribution < 1.29 is 9.59 Å². The van der Waals surface area contributed by atoms with Crippen molar-refractivity contribution in [2.75, 3.05) is 11.9 Å². The lowest BCUT2D eigenvalue weighted by atomic mass is 9.85. The summed E-state index contributed by atoms with van der Waals surface area (Å²) < 4.78 is 0.787. The van der Waals surface area contributed by atoms with E-state index in [2.05, 4.69) is 31.2 Å². The summed E-state index contributed by atoms with van der Waals surface area (Å²) >= 11 is 4.82. The second-order valence-corrected chi connectivity index (χ2v) is 8.37. The summed E-state index contributed by atoms with van der Waals surface area (Å²) in [6.07, 6.45) is 7.02. The van der Waals surface area contributed by atoms with E-state index in [0.29, 0.717) is 30.2 Å². The Morgan fingerprint density at radius 3 is 2.88 bits per heavy atom. The first-order valence-corrected chi connectivity index (χ1v) is 9.90. The number of carbonyl (C=O) groups excluding carboxylic acids is 2. The molecule has 25 heavy (non-hydrogen) atoms. The monoisotopic (exact) mass is 420 g/mol.